The second kappa shape index (κ2) is 6.58. The predicted molar refractivity (Wildman–Crippen MR) is 83.4 cm³/mol. The van der Waals surface area contributed by atoms with E-state index in [0.29, 0.717) is 12.2 Å². The van der Waals surface area contributed by atoms with Crippen molar-refractivity contribution in [2.75, 3.05) is 39.3 Å². The second-order valence-electron chi connectivity index (χ2n) is 6.29. The molecule has 0 spiro atoms. The maximum absolute atomic E-state index is 12.1. The standard InChI is InChI=1S/C15H27N5O/c1-5-19-6-8-20(9-7-19)15(3,4)10-16-14(21)13-12(2)17-11-18-13/h11H,5-10H2,1-4H3,(H,16,21)(H,17,18). The molecule has 6 nitrogen and oxygen atoms in total. The molecular formula is C15H27N5O. The van der Waals surface area contributed by atoms with Crippen molar-refractivity contribution >= 4 is 5.91 Å². The first-order valence-corrected chi connectivity index (χ1v) is 7.69. The normalized spacial score (nSPS) is 17.9. The van der Waals surface area contributed by atoms with E-state index in [9.17, 15) is 4.79 Å². The number of likely N-dealkylation sites (N-methyl/N-ethyl adjacent to an activating group) is 1. The molecule has 0 radical (unpaired) electrons. The van der Waals surface area contributed by atoms with Crippen LogP contribution in [0.1, 0.15) is 37.0 Å². The number of H-pyrrole nitrogens is 1. The number of nitrogens with one attached hydrogen (secondary N) is 2. The fraction of sp³-hybridized carbons (Fsp3) is 0.733. The van der Waals surface area contributed by atoms with Crippen LogP contribution in [0, 0.1) is 6.92 Å². The van der Waals surface area contributed by atoms with Crippen molar-refractivity contribution in [2.45, 2.75) is 33.2 Å². The molecule has 118 valence electrons. The Labute approximate surface area is 126 Å². The van der Waals surface area contributed by atoms with E-state index in [2.05, 4.69) is 45.9 Å². The topological polar surface area (TPSA) is 64.3 Å². The monoisotopic (exact) mass is 293 g/mol. The van der Waals surface area contributed by atoms with Gasteiger partial charge in [0, 0.05) is 44.0 Å². The molecule has 0 unspecified atom stereocenters. The summed E-state index contributed by atoms with van der Waals surface area (Å²) in [6.45, 7) is 14.5. The van der Waals surface area contributed by atoms with Crippen LogP contribution in [0.2, 0.25) is 0 Å². The third kappa shape index (κ3) is 3.83. The third-order valence-electron chi connectivity index (χ3n) is 4.40. The molecule has 6 heteroatoms. The Kier molecular flexibility index (Phi) is 5.00. The highest BCUT2D eigenvalue weighted by Gasteiger charge is 2.30. The van der Waals surface area contributed by atoms with Gasteiger partial charge in [-0.15, -0.1) is 0 Å². The zero-order valence-corrected chi connectivity index (χ0v) is 13.6. The largest absolute Gasteiger partial charge is 0.349 e. The minimum absolute atomic E-state index is 0.0420. The summed E-state index contributed by atoms with van der Waals surface area (Å²) in [5.41, 5.74) is 1.25. The molecule has 0 bridgehead atoms. The fourth-order valence-corrected chi connectivity index (χ4v) is 2.75. The van der Waals surface area contributed by atoms with Crippen molar-refractivity contribution in [1.29, 1.82) is 0 Å². The molecule has 1 aliphatic heterocycles. The van der Waals surface area contributed by atoms with E-state index in [1.54, 1.807) is 6.33 Å². The molecule has 1 aliphatic rings. The molecule has 0 aliphatic carbocycles. The highest BCUT2D eigenvalue weighted by molar-refractivity contribution is 5.93. The van der Waals surface area contributed by atoms with Crippen LogP contribution >= 0.6 is 0 Å². The second-order valence-corrected chi connectivity index (χ2v) is 6.29. The average Bonchev–Trinajstić information content (AvgIpc) is 2.91. The number of amides is 1. The van der Waals surface area contributed by atoms with Gasteiger partial charge in [-0.25, -0.2) is 4.98 Å². The number of carbonyl (C=O) groups is 1. The van der Waals surface area contributed by atoms with Gasteiger partial charge < -0.3 is 15.2 Å². The number of nitrogens with zero attached hydrogens (tertiary/aromatic N) is 3. The lowest BCUT2D eigenvalue weighted by atomic mass is 10.0. The van der Waals surface area contributed by atoms with Gasteiger partial charge in [0.15, 0.2) is 0 Å². The van der Waals surface area contributed by atoms with E-state index in [1.165, 1.54) is 0 Å². The Morgan fingerprint density at radius 1 is 1.38 bits per heavy atom. The summed E-state index contributed by atoms with van der Waals surface area (Å²) < 4.78 is 0. The van der Waals surface area contributed by atoms with E-state index >= 15 is 0 Å². The van der Waals surface area contributed by atoms with Crippen LogP contribution in [0.4, 0.5) is 0 Å². The maximum Gasteiger partial charge on any atom is 0.271 e. The first-order valence-electron chi connectivity index (χ1n) is 7.69. The molecule has 1 aromatic rings. The third-order valence-corrected chi connectivity index (χ3v) is 4.40. The molecule has 0 saturated carbocycles. The molecule has 1 amide bonds. The first kappa shape index (κ1) is 16.0. The Morgan fingerprint density at radius 2 is 2.05 bits per heavy atom. The summed E-state index contributed by atoms with van der Waals surface area (Å²) >= 11 is 0. The smallest absolute Gasteiger partial charge is 0.271 e. The Bertz CT molecular complexity index is 474. The van der Waals surface area contributed by atoms with Crippen LogP contribution in [0.5, 0.6) is 0 Å². The van der Waals surface area contributed by atoms with Crippen LogP contribution < -0.4 is 5.32 Å². The molecule has 0 atom stereocenters. The lowest BCUT2D eigenvalue weighted by Gasteiger charge is -2.44. The molecule has 2 heterocycles. The van der Waals surface area contributed by atoms with Crippen molar-refractivity contribution in [1.82, 2.24) is 25.1 Å². The Hall–Kier alpha value is -1.40. The SMILES string of the molecule is CCN1CCN(C(C)(C)CNC(=O)c2nc[nH]c2C)CC1. The molecular weight excluding hydrogens is 266 g/mol. The number of aromatic amines is 1. The fourth-order valence-electron chi connectivity index (χ4n) is 2.75. The van der Waals surface area contributed by atoms with Crippen LogP contribution in [-0.2, 0) is 0 Å². The van der Waals surface area contributed by atoms with Gasteiger partial charge in [0.1, 0.15) is 5.69 Å². The highest BCUT2D eigenvalue weighted by Crippen LogP contribution is 2.16. The maximum atomic E-state index is 12.1. The minimum Gasteiger partial charge on any atom is -0.349 e. The Balaban J connectivity index is 1.87. The highest BCUT2D eigenvalue weighted by atomic mass is 16.1. The molecule has 2 rings (SSSR count). The molecule has 2 N–H and O–H groups in total. The molecule has 1 aromatic heterocycles. The summed E-state index contributed by atoms with van der Waals surface area (Å²) in [5, 5.41) is 3.01. The van der Waals surface area contributed by atoms with Gasteiger partial charge in [-0.1, -0.05) is 6.92 Å². The van der Waals surface area contributed by atoms with Gasteiger partial charge >= 0.3 is 0 Å². The lowest BCUT2D eigenvalue weighted by molar-refractivity contribution is 0.0520. The van der Waals surface area contributed by atoms with Crippen LogP contribution in [0.15, 0.2) is 6.33 Å². The van der Waals surface area contributed by atoms with Gasteiger partial charge in [-0.2, -0.15) is 0 Å². The van der Waals surface area contributed by atoms with Gasteiger partial charge in [-0.05, 0) is 27.3 Å². The number of aryl methyl sites for hydroxylation is 1. The summed E-state index contributed by atoms with van der Waals surface area (Å²) in [5.74, 6) is -0.103. The molecule has 21 heavy (non-hydrogen) atoms. The zero-order chi connectivity index (χ0) is 15.5. The van der Waals surface area contributed by atoms with Crippen molar-refractivity contribution < 1.29 is 4.79 Å². The quantitative estimate of drug-likeness (QED) is 0.845. The number of carbonyl (C=O) groups excluding carboxylic acids is 1. The van der Waals surface area contributed by atoms with Crippen molar-refractivity contribution in [2.24, 2.45) is 0 Å². The molecule has 0 aromatic carbocycles. The number of rotatable bonds is 5. The lowest BCUT2D eigenvalue weighted by Crippen LogP contribution is -2.58. The number of piperazine rings is 1. The van der Waals surface area contributed by atoms with Crippen molar-refractivity contribution in [3.63, 3.8) is 0 Å². The van der Waals surface area contributed by atoms with Gasteiger partial charge in [0.05, 0.1) is 6.33 Å². The zero-order valence-electron chi connectivity index (χ0n) is 13.6. The number of aromatic nitrogens is 2. The van der Waals surface area contributed by atoms with Crippen molar-refractivity contribution in [3.05, 3.63) is 17.7 Å². The average molecular weight is 293 g/mol. The van der Waals surface area contributed by atoms with E-state index in [1.807, 2.05) is 6.92 Å². The first-order chi connectivity index (χ1) is 9.94. The molecule has 1 fully saturated rings. The number of hydrogen-bond donors (Lipinski definition) is 2. The van der Waals surface area contributed by atoms with Crippen LogP contribution in [0.3, 0.4) is 0 Å². The summed E-state index contributed by atoms with van der Waals surface area (Å²) in [7, 11) is 0. The number of hydrogen-bond acceptors (Lipinski definition) is 4. The van der Waals surface area contributed by atoms with Crippen LogP contribution in [0.25, 0.3) is 0 Å². The van der Waals surface area contributed by atoms with Crippen LogP contribution in [-0.4, -0.2) is 70.5 Å². The van der Waals surface area contributed by atoms with E-state index in [-0.39, 0.29) is 11.4 Å². The van der Waals surface area contributed by atoms with Gasteiger partial charge in [0.2, 0.25) is 0 Å². The molecule has 1 saturated heterocycles. The summed E-state index contributed by atoms with van der Waals surface area (Å²) in [6.07, 6.45) is 1.55. The minimum atomic E-state index is -0.103. The predicted octanol–water partition coefficient (Wildman–Crippen LogP) is 0.864. The van der Waals surface area contributed by atoms with E-state index in [0.717, 1.165) is 38.4 Å². The van der Waals surface area contributed by atoms with Crippen molar-refractivity contribution in [3.8, 4) is 0 Å². The summed E-state index contributed by atoms with van der Waals surface area (Å²) in [6, 6.07) is 0. The summed E-state index contributed by atoms with van der Waals surface area (Å²) in [4.78, 5) is 24.0. The Morgan fingerprint density at radius 3 is 2.57 bits per heavy atom. The van der Waals surface area contributed by atoms with Gasteiger partial charge in [-0.3, -0.25) is 9.69 Å². The van der Waals surface area contributed by atoms with E-state index in [4.69, 9.17) is 0 Å². The van der Waals surface area contributed by atoms with Gasteiger partial charge in [0.25, 0.3) is 5.91 Å². The number of imidazole rings is 1. The van der Waals surface area contributed by atoms with E-state index < -0.39 is 0 Å².